The molecule has 4 atom stereocenters. The molecule has 1 saturated carbocycles. The number of nitrogens with one attached hydrogen (secondary N) is 1. The van der Waals surface area contributed by atoms with Gasteiger partial charge in [0, 0.05) is 31.7 Å². The average Bonchev–Trinajstić information content (AvgIpc) is 2.94. The molecule has 1 saturated heterocycles. The number of rotatable bonds is 4. The maximum absolute atomic E-state index is 3.66. The molecule has 2 nitrogen and oxygen atoms in total. The van der Waals surface area contributed by atoms with Crippen LogP contribution in [0.2, 0.25) is 0 Å². The normalized spacial score (nSPS) is 41.8. The molecule has 2 fully saturated rings. The molecule has 88 valence electrons. The van der Waals surface area contributed by atoms with Crippen LogP contribution in [-0.4, -0.2) is 36.6 Å². The van der Waals surface area contributed by atoms with Crippen LogP contribution in [0.4, 0.5) is 0 Å². The van der Waals surface area contributed by atoms with Crippen molar-refractivity contribution in [1.82, 2.24) is 10.2 Å². The predicted molar refractivity (Wildman–Crippen MR) is 65.0 cm³/mol. The Labute approximate surface area is 94.4 Å². The van der Waals surface area contributed by atoms with Crippen molar-refractivity contribution in [2.75, 3.05) is 19.6 Å². The first-order valence-electron chi connectivity index (χ1n) is 6.72. The lowest BCUT2D eigenvalue weighted by Crippen LogP contribution is -2.56. The Morgan fingerprint density at radius 2 is 2.00 bits per heavy atom. The van der Waals surface area contributed by atoms with Crippen LogP contribution in [0.1, 0.15) is 40.0 Å². The quantitative estimate of drug-likeness (QED) is 0.764. The fourth-order valence-corrected chi connectivity index (χ4v) is 2.78. The summed E-state index contributed by atoms with van der Waals surface area (Å²) >= 11 is 0. The van der Waals surface area contributed by atoms with Crippen LogP contribution >= 0.6 is 0 Å². The molecule has 15 heavy (non-hydrogen) atoms. The summed E-state index contributed by atoms with van der Waals surface area (Å²) in [5, 5.41) is 3.66. The van der Waals surface area contributed by atoms with Gasteiger partial charge < -0.3 is 5.32 Å². The molecule has 0 bridgehead atoms. The van der Waals surface area contributed by atoms with E-state index in [-0.39, 0.29) is 0 Å². The van der Waals surface area contributed by atoms with Crippen molar-refractivity contribution in [1.29, 1.82) is 0 Å². The zero-order valence-corrected chi connectivity index (χ0v) is 10.5. The van der Waals surface area contributed by atoms with E-state index in [0.717, 1.165) is 23.9 Å². The van der Waals surface area contributed by atoms with Gasteiger partial charge in [-0.1, -0.05) is 20.8 Å². The van der Waals surface area contributed by atoms with Gasteiger partial charge in [-0.2, -0.15) is 0 Å². The van der Waals surface area contributed by atoms with Gasteiger partial charge >= 0.3 is 0 Å². The number of piperazine rings is 1. The van der Waals surface area contributed by atoms with Crippen molar-refractivity contribution in [3.63, 3.8) is 0 Å². The van der Waals surface area contributed by atoms with E-state index in [1.165, 1.54) is 38.9 Å². The fraction of sp³-hybridized carbons (Fsp3) is 1.00. The summed E-state index contributed by atoms with van der Waals surface area (Å²) in [6.45, 7) is 10.8. The summed E-state index contributed by atoms with van der Waals surface area (Å²) in [7, 11) is 0. The van der Waals surface area contributed by atoms with Gasteiger partial charge in [0.05, 0.1) is 0 Å². The lowest BCUT2D eigenvalue weighted by Gasteiger charge is -2.40. The Bertz CT molecular complexity index is 203. The molecule has 2 aliphatic rings. The molecule has 0 aromatic rings. The van der Waals surface area contributed by atoms with E-state index in [1.807, 2.05) is 0 Å². The van der Waals surface area contributed by atoms with E-state index in [2.05, 4.69) is 31.0 Å². The molecule has 0 amide bonds. The first-order valence-corrected chi connectivity index (χ1v) is 6.72. The minimum absolute atomic E-state index is 0.738. The Morgan fingerprint density at radius 1 is 1.27 bits per heavy atom. The Morgan fingerprint density at radius 3 is 2.53 bits per heavy atom. The predicted octanol–water partition coefficient (Wildman–Crippen LogP) is 2.10. The van der Waals surface area contributed by atoms with E-state index < -0.39 is 0 Å². The molecule has 0 aromatic heterocycles. The molecule has 1 aliphatic heterocycles. The minimum Gasteiger partial charge on any atom is -0.311 e. The fourth-order valence-electron chi connectivity index (χ4n) is 2.78. The summed E-state index contributed by atoms with van der Waals surface area (Å²) in [6, 6.07) is 1.53. The second kappa shape index (κ2) is 4.84. The molecule has 0 radical (unpaired) electrons. The zero-order chi connectivity index (χ0) is 10.8. The SMILES string of the molecule is CCC1CN(CC2CC2C)C(CC)CN1. The van der Waals surface area contributed by atoms with Gasteiger partial charge in [0.2, 0.25) is 0 Å². The van der Waals surface area contributed by atoms with Gasteiger partial charge in [-0.25, -0.2) is 0 Å². The molecule has 0 aromatic carbocycles. The maximum Gasteiger partial charge on any atom is 0.0218 e. The van der Waals surface area contributed by atoms with Crippen molar-refractivity contribution >= 4 is 0 Å². The highest BCUT2D eigenvalue weighted by molar-refractivity contribution is 4.91. The first kappa shape index (κ1) is 11.4. The summed E-state index contributed by atoms with van der Waals surface area (Å²) in [5.74, 6) is 2.01. The van der Waals surface area contributed by atoms with Gasteiger partial charge in [0.1, 0.15) is 0 Å². The lowest BCUT2D eigenvalue weighted by atomic mass is 10.0. The topological polar surface area (TPSA) is 15.3 Å². The highest BCUT2D eigenvalue weighted by Gasteiger charge is 2.36. The Kier molecular flexibility index (Phi) is 3.68. The second-order valence-electron chi connectivity index (χ2n) is 5.50. The Balaban J connectivity index is 1.85. The van der Waals surface area contributed by atoms with Crippen molar-refractivity contribution in [2.24, 2.45) is 11.8 Å². The molecular weight excluding hydrogens is 184 g/mol. The molecule has 2 rings (SSSR count). The van der Waals surface area contributed by atoms with Gasteiger partial charge in [-0.15, -0.1) is 0 Å². The summed E-state index contributed by atoms with van der Waals surface area (Å²) in [4.78, 5) is 2.75. The third kappa shape index (κ3) is 2.73. The molecule has 1 aliphatic carbocycles. The van der Waals surface area contributed by atoms with Gasteiger partial charge in [0.15, 0.2) is 0 Å². The lowest BCUT2D eigenvalue weighted by molar-refractivity contribution is 0.118. The van der Waals surface area contributed by atoms with Crippen LogP contribution in [0.3, 0.4) is 0 Å². The van der Waals surface area contributed by atoms with Crippen molar-refractivity contribution in [2.45, 2.75) is 52.1 Å². The third-order valence-electron chi connectivity index (χ3n) is 4.32. The highest BCUT2D eigenvalue weighted by Crippen LogP contribution is 2.38. The standard InChI is InChI=1S/C13H26N2/c1-4-12-9-15(8-11-6-10(11)3)13(5-2)7-14-12/h10-14H,4-9H2,1-3H3. The van der Waals surface area contributed by atoms with Crippen LogP contribution in [-0.2, 0) is 0 Å². The monoisotopic (exact) mass is 210 g/mol. The van der Waals surface area contributed by atoms with Crippen molar-refractivity contribution < 1.29 is 0 Å². The van der Waals surface area contributed by atoms with Gasteiger partial charge in [0.25, 0.3) is 0 Å². The smallest absolute Gasteiger partial charge is 0.0218 e. The van der Waals surface area contributed by atoms with E-state index in [9.17, 15) is 0 Å². The highest BCUT2D eigenvalue weighted by atomic mass is 15.2. The van der Waals surface area contributed by atoms with Crippen LogP contribution < -0.4 is 5.32 Å². The molecule has 1 N–H and O–H groups in total. The molecule has 1 heterocycles. The number of hydrogen-bond donors (Lipinski definition) is 1. The van der Waals surface area contributed by atoms with Crippen LogP contribution in [0.15, 0.2) is 0 Å². The maximum atomic E-state index is 3.66. The van der Waals surface area contributed by atoms with Crippen molar-refractivity contribution in [3.05, 3.63) is 0 Å². The van der Waals surface area contributed by atoms with Crippen LogP contribution in [0.5, 0.6) is 0 Å². The minimum atomic E-state index is 0.738. The summed E-state index contributed by atoms with van der Waals surface area (Å²) in [5.41, 5.74) is 0. The van der Waals surface area contributed by atoms with Gasteiger partial charge in [-0.3, -0.25) is 4.90 Å². The van der Waals surface area contributed by atoms with Crippen LogP contribution in [0, 0.1) is 11.8 Å². The second-order valence-corrected chi connectivity index (χ2v) is 5.50. The summed E-state index contributed by atoms with van der Waals surface area (Å²) in [6.07, 6.45) is 4.04. The van der Waals surface area contributed by atoms with Gasteiger partial charge in [-0.05, 0) is 31.1 Å². The average molecular weight is 210 g/mol. The van der Waals surface area contributed by atoms with E-state index in [0.29, 0.717) is 0 Å². The van der Waals surface area contributed by atoms with E-state index >= 15 is 0 Å². The molecule has 2 heteroatoms. The van der Waals surface area contributed by atoms with Crippen LogP contribution in [0.25, 0.3) is 0 Å². The molecule has 4 unspecified atom stereocenters. The largest absolute Gasteiger partial charge is 0.311 e. The first-order chi connectivity index (χ1) is 7.24. The van der Waals surface area contributed by atoms with Crippen molar-refractivity contribution in [3.8, 4) is 0 Å². The van der Waals surface area contributed by atoms with E-state index in [1.54, 1.807) is 0 Å². The zero-order valence-electron chi connectivity index (χ0n) is 10.5. The molecular formula is C13H26N2. The van der Waals surface area contributed by atoms with E-state index in [4.69, 9.17) is 0 Å². The number of nitrogens with zero attached hydrogens (tertiary/aromatic N) is 1. The molecule has 0 spiro atoms. The third-order valence-corrected chi connectivity index (χ3v) is 4.32. The number of hydrogen-bond acceptors (Lipinski definition) is 2. The Hall–Kier alpha value is -0.0800. The summed E-state index contributed by atoms with van der Waals surface area (Å²) < 4.78 is 0.